The summed E-state index contributed by atoms with van der Waals surface area (Å²) in [6.45, 7) is 3.52. The van der Waals surface area contributed by atoms with Gasteiger partial charge in [0.1, 0.15) is 22.0 Å². The van der Waals surface area contributed by atoms with Gasteiger partial charge in [-0.1, -0.05) is 31.3 Å². The average molecular weight is 476 g/mol. The first kappa shape index (κ1) is 19.3. The Labute approximate surface area is 166 Å². The molecule has 0 saturated carbocycles. The van der Waals surface area contributed by atoms with Crippen LogP contribution in [0, 0.1) is 5.92 Å². The van der Waals surface area contributed by atoms with Gasteiger partial charge in [-0.2, -0.15) is 13.5 Å². The molecule has 0 saturated heterocycles. The summed E-state index contributed by atoms with van der Waals surface area (Å²) in [5.41, 5.74) is 0.785. The van der Waals surface area contributed by atoms with Crippen LogP contribution >= 0.6 is 39.0 Å². The molecule has 8 nitrogen and oxygen atoms in total. The highest BCUT2D eigenvalue weighted by Crippen LogP contribution is 2.24. The molecule has 0 unspecified atom stereocenters. The topological polar surface area (TPSA) is 114 Å². The summed E-state index contributed by atoms with van der Waals surface area (Å²) < 4.78 is 37.0. The second kappa shape index (κ2) is 7.64. The van der Waals surface area contributed by atoms with Gasteiger partial charge in [0.25, 0.3) is 0 Å². The van der Waals surface area contributed by atoms with Crippen molar-refractivity contribution in [2.75, 3.05) is 5.32 Å². The average Bonchev–Trinajstić information content (AvgIpc) is 3.20. The summed E-state index contributed by atoms with van der Waals surface area (Å²) in [5, 5.41) is 3.02. The maximum Gasteiger partial charge on any atom is 0.244 e. The number of anilines is 1. The molecule has 26 heavy (non-hydrogen) atoms. The highest BCUT2D eigenvalue weighted by atomic mass is 79.9. The summed E-state index contributed by atoms with van der Waals surface area (Å²) in [5.74, 6) is -0.755. The Morgan fingerprint density at radius 1 is 1.27 bits per heavy atom. The van der Waals surface area contributed by atoms with Crippen LogP contribution in [0.25, 0.3) is 11.0 Å². The minimum absolute atomic E-state index is 0.000747. The van der Waals surface area contributed by atoms with Crippen molar-refractivity contribution in [1.29, 1.82) is 0 Å². The maximum absolute atomic E-state index is 12.8. The van der Waals surface area contributed by atoms with E-state index in [2.05, 4.69) is 39.7 Å². The fourth-order valence-electron chi connectivity index (χ4n) is 2.22. The number of carbonyl (C=O) groups excluding carboxylic acids is 1. The van der Waals surface area contributed by atoms with Gasteiger partial charge >= 0.3 is 0 Å². The molecule has 0 aliphatic carbocycles. The smallest absolute Gasteiger partial charge is 0.244 e. The third-order valence-corrected chi connectivity index (χ3v) is 6.88. The predicted molar refractivity (Wildman–Crippen MR) is 105 cm³/mol. The van der Waals surface area contributed by atoms with E-state index in [1.165, 1.54) is 17.4 Å². The Morgan fingerprint density at radius 3 is 2.69 bits per heavy atom. The van der Waals surface area contributed by atoms with E-state index in [-0.39, 0.29) is 16.3 Å². The number of nitrogens with one attached hydrogen (secondary N) is 2. The Kier molecular flexibility index (Phi) is 5.67. The lowest BCUT2D eigenvalue weighted by Gasteiger charge is -2.21. The number of halogens is 1. The van der Waals surface area contributed by atoms with Gasteiger partial charge in [0.2, 0.25) is 15.9 Å². The molecule has 2 aromatic heterocycles. The number of nitrogens with zero attached hydrogens (tertiary/aromatic N) is 3. The van der Waals surface area contributed by atoms with E-state index in [0.717, 1.165) is 15.5 Å². The molecule has 1 atom stereocenters. The van der Waals surface area contributed by atoms with Gasteiger partial charge < -0.3 is 5.32 Å². The largest absolute Gasteiger partial charge is 0.301 e. The molecule has 0 radical (unpaired) electrons. The first-order valence-electron chi connectivity index (χ1n) is 7.44. The van der Waals surface area contributed by atoms with Gasteiger partial charge in [0.05, 0.1) is 21.7 Å². The van der Waals surface area contributed by atoms with Crippen LogP contribution in [0.4, 0.5) is 5.13 Å². The number of hydrogen-bond acceptors (Lipinski definition) is 8. The van der Waals surface area contributed by atoms with E-state index in [9.17, 15) is 13.2 Å². The number of carbonyl (C=O) groups is 1. The summed E-state index contributed by atoms with van der Waals surface area (Å²) in [6.07, 6.45) is 1.56. The van der Waals surface area contributed by atoms with Crippen LogP contribution in [0.3, 0.4) is 0 Å². The summed E-state index contributed by atoms with van der Waals surface area (Å²) >= 11 is 5.45. The standard InChI is InChI=1S/C14H14BrN5O3S3/c1-7(2)11(13(21)17-14-16-6-10(15)24-14)20-26(22,23)9-5-3-4-8-12(9)19-25-18-8/h3-7,11,20H,1-2H3,(H,16,17,21)/t11-/m0/s1. The third-order valence-electron chi connectivity index (χ3n) is 3.48. The van der Waals surface area contributed by atoms with E-state index in [4.69, 9.17) is 0 Å². The van der Waals surface area contributed by atoms with Crippen molar-refractivity contribution in [3.8, 4) is 0 Å². The fraction of sp³-hybridized carbons (Fsp3) is 0.286. The lowest BCUT2D eigenvalue weighted by molar-refractivity contribution is -0.118. The van der Waals surface area contributed by atoms with Crippen molar-refractivity contribution in [2.24, 2.45) is 5.92 Å². The molecule has 1 amide bonds. The SMILES string of the molecule is CC(C)[C@H](NS(=O)(=O)c1cccc2nsnc12)C(=O)Nc1ncc(Br)s1. The number of rotatable bonds is 6. The van der Waals surface area contributed by atoms with Crippen molar-refractivity contribution < 1.29 is 13.2 Å². The normalized spacial score (nSPS) is 13.2. The molecule has 2 N–H and O–H groups in total. The van der Waals surface area contributed by atoms with E-state index < -0.39 is 22.0 Å². The van der Waals surface area contributed by atoms with Crippen LogP contribution in [0.1, 0.15) is 13.8 Å². The highest BCUT2D eigenvalue weighted by molar-refractivity contribution is 9.11. The van der Waals surface area contributed by atoms with Gasteiger partial charge in [-0.05, 0) is 34.0 Å². The zero-order valence-electron chi connectivity index (χ0n) is 13.6. The lowest BCUT2D eigenvalue weighted by atomic mass is 10.1. The predicted octanol–water partition coefficient (Wildman–Crippen LogP) is 2.85. The van der Waals surface area contributed by atoms with Crippen LogP contribution in [-0.4, -0.2) is 34.1 Å². The first-order chi connectivity index (χ1) is 12.3. The van der Waals surface area contributed by atoms with Crippen molar-refractivity contribution in [2.45, 2.75) is 24.8 Å². The molecule has 0 spiro atoms. The molecular weight excluding hydrogens is 462 g/mol. The number of hydrogen-bond donors (Lipinski definition) is 2. The molecule has 0 fully saturated rings. The van der Waals surface area contributed by atoms with Gasteiger partial charge in [-0.15, -0.1) is 0 Å². The van der Waals surface area contributed by atoms with Crippen molar-refractivity contribution in [3.63, 3.8) is 0 Å². The van der Waals surface area contributed by atoms with E-state index in [1.807, 2.05) is 0 Å². The van der Waals surface area contributed by atoms with Gasteiger partial charge in [-0.25, -0.2) is 13.4 Å². The Balaban J connectivity index is 1.87. The Bertz CT molecular complexity index is 1050. The maximum atomic E-state index is 12.8. The number of sulfonamides is 1. The van der Waals surface area contributed by atoms with Crippen LogP contribution in [0.2, 0.25) is 0 Å². The summed E-state index contributed by atoms with van der Waals surface area (Å²) in [7, 11) is -3.97. The highest BCUT2D eigenvalue weighted by Gasteiger charge is 2.30. The number of thiazole rings is 1. The second-order valence-corrected chi connectivity index (χ2v) is 10.3. The fourth-order valence-corrected chi connectivity index (χ4v) is 5.44. The summed E-state index contributed by atoms with van der Waals surface area (Å²) in [4.78, 5) is 16.6. The van der Waals surface area contributed by atoms with Crippen LogP contribution in [-0.2, 0) is 14.8 Å². The van der Waals surface area contributed by atoms with Gasteiger partial charge in [0, 0.05) is 0 Å². The van der Waals surface area contributed by atoms with Gasteiger partial charge in [0.15, 0.2) is 5.13 Å². The quantitative estimate of drug-likeness (QED) is 0.566. The van der Waals surface area contributed by atoms with Crippen LogP contribution < -0.4 is 10.0 Å². The minimum Gasteiger partial charge on any atom is -0.301 e. The molecule has 3 aromatic rings. The number of aromatic nitrogens is 3. The van der Waals surface area contributed by atoms with Crippen molar-refractivity contribution in [1.82, 2.24) is 18.5 Å². The zero-order valence-corrected chi connectivity index (χ0v) is 17.7. The molecule has 0 bridgehead atoms. The molecular formula is C14H14BrN5O3S3. The second-order valence-electron chi connectivity index (χ2n) is 5.69. The van der Waals surface area contributed by atoms with E-state index in [0.29, 0.717) is 10.6 Å². The van der Waals surface area contributed by atoms with Crippen LogP contribution in [0.15, 0.2) is 33.1 Å². The van der Waals surface area contributed by atoms with E-state index in [1.54, 1.807) is 32.2 Å². The first-order valence-corrected chi connectivity index (χ1v) is 11.3. The third kappa shape index (κ3) is 4.09. The zero-order chi connectivity index (χ0) is 18.9. The molecule has 138 valence electrons. The summed E-state index contributed by atoms with van der Waals surface area (Å²) in [6, 6.07) is 3.75. The van der Waals surface area contributed by atoms with Crippen molar-refractivity contribution in [3.05, 3.63) is 28.2 Å². The van der Waals surface area contributed by atoms with Crippen molar-refractivity contribution >= 4 is 71.1 Å². The number of amides is 1. The molecule has 2 heterocycles. The Hall–Kier alpha value is -1.47. The Morgan fingerprint density at radius 2 is 2.04 bits per heavy atom. The van der Waals surface area contributed by atoms with Gasteiger partial charge in [-0.3, -0.25) is 4.79 Å². The molecule has 12 heteroatoms. The molecule has 0 aliphatic rings. The number of fused-ring (bicyclic) bond motifs is 1. The van der Waals surface area contributed by atoms with Crippen LogP contribution in [0.5, 0.6) is 0 Å². The molecule has 1 aromatic carbocycles. The minimum atomic E-state index is -3.97. The van der Waals surface area contributed by atoms with E-state index >= 15 is 0 Å². The monoisotopic (exact) mass is 475 g/mol. The molecule has 3 rings (SSSR count). The molecule has 0 aliphatic heterocycles. The number of benzene rings is 1. The lowest BCUT2D eigenvalue weighted by Crippen LogP contribution is -2.47.